The van der Waals surface area contributed by atoms with Gasteiger partial charge in [-0.15, -0.1) is 0 Å². The van der Waals surface area contributed by atoms with Crippen LogP contribution in [0.2, 0.25) is 0 Å². The second kappa shape index (κ2) is 5.96. The van der Waals surface area contributed by atoms with E-state index in [4.69, 9.17) is 0 Å². The van der Waals surface area contributed by atoms with E-state index in [9.17, 15) is 5.11 Å². The highest BCUT2D eigenvalue weighted by Crippen LogP contribution is 2.25. The van der Waals surface area contributed by atoms with Gasteiger partial charge in [-0.3, -0.25) is 5.43 Å². The topological polar surface area (TPSA) is 70.4 Å². The van der Waals surface area contributed by atoms with Crippen LogP contribution in [0.15, 0.2) is 72.1 Å². The standard InChI is InChI=1S/C19H14N4O/c24-18-10-9-13-5-1-2-6-14(13)16(18)11-22-23-19-15-7-3-4-8-17(15)20-12-21-19/h1-12,24H,(H,20,21,23)/b22-11-. The Labute approximate surface area is 138 Å². The van der Waals surface area contributed by atoms with Gasteiger partial charge in [0.25, 0.3) is 0 Å². The number of aromatic hydroxyl groups is 1. The molecular weight excluding hydrogens is 300 g/mol. The highest BCUT2D eigenvalue weighted by Gasteiger charge is 2.05. The molecule has 0 atom stereocenters. The van der Waals surface area contributed by atoms with E-state index in [-0.39, 0.29) is 5.75 Å². The number of benzene rings is 3. The van der Waals surface area contributed by atoms with Crippen LogP contribution in [0, 0.1) is 0 Å². The molecule has 1 aromatic heterocycles. The molecule has 1 heterocycles. The number of hydrogen-bond donors (Lipinski definition) is 2. The number of hydrogen-bond acceptors (Lipinski definition) is 5. The summed E-state index contributed by atoms with van der Waals surface area (Å²) in [6, 6.07) is 19.1. The monoisotopic (exact) mass is 314 g/mol. The number of rotatable bonds is 3. The van der Waals surface area contributed by atoms with Gasteiger partial charge in [-0.2, -0.15) is 5.10 Å². The smallest absolute Gasteiger partial charge is 0.157 e. The number of aromatic nitrogens is 2. The quantitative estimate of drug-likeness (QED) is 0.444. The molecule has 0 aliphatic heterocycles. The minimum absolute atomic E-state index is 0.187. The molecule has 0 spiro atoms. The Bertz CT molecular complexity index is 1050. The number of hydrazone groups is 1. The first kappa shape index (κ1) is 14.1. The molecule has 5 nitrogen and oxygen atoms in total. The van der Waals surface area contributed by atoms with Crippen molar-refractivity contribution in [1.29, 1.82) is 0 Å². The number of nitrogens with zero attached hydrogens (tertiary/aromatic N) is 3. The molecule has 0 aliphatic carbocycles. The molecular formula is C19H14N4O. The molecule has 2 N–H and O–H groups in total. The summed E-state index contributed by atoms with van der Waals surface area (Å²) in [6.45, 7) is 0. The van der Waals surface area contributed by atoms with Crippen molar-refractivity contribution in [3.05, 3.63) is 72.6 Å². The van der Waals surface area contributed by atoms with Crippen LogP contribution in [-0.2, 0) is 0 Å². The van der Waals surface area contributed by atoms with E-state index in [0.717, 1.165) is 21.7 Å². The maximum absolute atomic E-state index is 10.1. The highest BCUT2D eigenvalue weighted by molar-refractivity contribution is 6.02. The Balaban J connectivity index is 1.70. The average molecular weight is 314 g/mol. The van der Waals surface area contributed by atoms with Crippen molar-refractivity contribution in [1.82, 2.24) is 9.97 Å². The van der Waals surface area contributed by atoms with E-state index in [1.54, 1.807) is 12.3 Å². The van der Waals surface area contributed by atoms with Gasteiger partial charge in [-0.1, -0.05) is 42.5 Å². The van der Waals surface area contributed by atoms with Gasteiger partial charge in [-0.05, 0) is 29.0 Å². The minimum atomic E-state index is 0.187. The van der Waals surface area contributed by atoms with Crippen molar-refractivity contribution >= 4 is 33.7 Å². The van der Waals surface area contributed by atoms with Crippen LogP contribution >= 0.6 is 0 Å². The zero-order valence-electron chi connectivity index (χ0n) is 12.7. The molecule has 4 rings (SSSR count). The van der Waals surface area contributed by atoms with Crippen molar-refractivity contribution in [3.8, 4) is 5.75 Å². The predicted octanol–water partition coefficient (Wildman–Crippen LogP) is 3.93. The van der Waals surface area contributed by atoms with Crippen LogP contribution in [0.25, 0.3) is 21.7 Å². The molecule has 4 aromatic rings. The first-order valence-electron chi connectivity index (χ1n) is 7.52. The van der Waals surface area contributed by atoms with Crippen molar-refractivity contribution < 1.29 is 5.11 Å². The third-order valence-electron chi connectivity index (χ3n) is 3.85. The van der Waals surface area contributed by atoms with Gasteiger partial charge < -0.3 is 5.11 Å². The lowest BCUT2D eigenvalue weighted by molar-refractivity contribution is 0.475. The molecule has 3 aromatic carbocycles. The Morgan fingerprint density at radius 2 is 1.67 bits per heavy atom. The van der Waals surface area contributed by atoms with Crippen LogP contribution in [0.3, 0.4) is 0 Å². The molecule has 0 amide bonds. The molecule has 0 unspecified atom stereocenters. The van der Waals surface area contributed by atoms with Crippen LogP contribution < -0.4 is 5.43 Å². The molecule has 5 heteroatoms. The van der Waals surface area contributed by atoms with E-state index >= 15 is 0 Å². The molecule has 24 heavy (non-hydrogen) atoms. The summed E-state index contributed by atoms with van der Waals surface area (Å²) in [4.78, 5) is 8.44. The normalized spacial score (nSPS) is 11.3. The fourth-order valence-corrected chi connectivity index (χ4v) is 2.67. The van der Waals surface area contributed by atoms with Crippen molar-refractivity contribution in [2.45, 2.75) is 0 Å². The fraction of sp³-hybridized carbons (Fsp3) is 0. The number of nitrogens with one attached hydrogen (secondary N) is 1. The predicted molar refractivity (Wildman–Crippen MR) is 96.4 cm³/mol. The Morgan fingerprint density at radius 3 is 2.58 bits per heavy atom. The summed E-state index contributed by atoms with van der Waals surface area (Å²) in [5.74, 6) is 0.809. The maximum Gasteiger partial charge on any atom is 0.157 e. The zero-order valence-corrected chi connectivity index (χ0v) is 12.7. The third kappa shape index (κ3) is 2.52. The molecule has 0 saturated carbocycles. The lowest BCUT2D eigenvalue weighted by Gasteiger charge is -2.06. The van der Waals surface area contributed by atoms with Crippen molar-refractivity contribution in [2.75, 3.05) is 5.43 Å². The van der Waals surface area contributed by atoms with E-state index in [1.165, 1.54) is 6.33 Å². The van der Waals surface area contributed by atoms with Gasteiger partial charge in [0.1, 0.15) is 12.1 Å². The number of para-hydroxylation sites is 1. The molecule has 0 saturated heterocycles. The van der Waals surface area contributed by atoms with Crippen LogP contribution in [0.4, 0.5) is 5.82 Å². The van der Waals surface area contributed by atoms with Gasteiger partial charge in [0.05, 0.1) is 11.7 Å². The Kier molecular flexibility index (Phi) is 3.51. The summed E-state index contributed by atoms with van der Waals surface area (Å²) < 4.78 is 0. The summed E-state index contributed by atoms with van der Waals surface area (Å²) in [5, 5.41) is 17.3. The van der Waals surface area contributed by atoms with Gasteiger partial charge >= 0.3 is 0 Å². The highest BCUT2D eigenvalue weighted by atomic mass is 16.3. The Hall–Kier alpha value is -3.47. The molecule has 0 aliphatic rings. The lowest BCUT2D eigenvalue weighted by atomic mass is 10.0. The van der Waals surface area contributed by atoms with E-state index in [2.05, 4.69) is 20.5 Å². The molecule has 0 fully saturated rings. The van der Waals surface area contributed by atoms with E-state index < -0.39 is 0 Å². The number of phenolic OH excluding ortho intramolecular Hbond substituents is 1. The molecule has 0 radical (unpaired) electrons. The van der Waals surface area contributed by atoms with Crippen molar-refractivity contribution in [2.24, 2.45) is 5.10 Å². The van der Waals surface area contributed by atoms with E-state index in [1.807, 2.05) is 54.6 Å². The van der Waals surface area contributed by atoms with Crippen LogP contribution in [0.5, 0.6) is 5.75 Å². The van der Waals surface area contributed by atoms with Crippen LogP contribution in [0.1, 0.15) is 5.56 Å². The largest absolute Gasteiger partial charge is 0.507 e. The second-order valence-corrected chi connectivity index (χ2v) is 5.33. The number of fused-ring (bicyclic) bond motifs is 2. The fourth-order valence-electron chi connectivity index (χ4n) is 2.67. The maximum atomic E-state index is 10.1. The lowest BCUT2D eigenvalue weighted by Crippen LogP contribution is -1.96. The summed E-state index contributed by atoms with van der Waals surface area (Å²) in [5.41, 5.74) is 4.45. The average Bonchev–Trinajstić information content (AvgIpc) is 2.64. The Morgan fingerprint density at radius 1 is 0.875 bits per heavy atom. The van der Waals surface area contributed by atoms with Gasteiger partial charge in [0.15, 0.2) is 5.82 Å². The van der Waals surface area contributed by atoms with Gasteiger partial charge in [0.2, 0.25) is 0 Å². The van der Waals surface area contributed by atoms with Crippen molar-refractivity contribution in [3.63, 3.8) is 0 Å². The summed E-state index contributed by atoms with van der Waals surface area (Å²) >= 11 is 0. The number of phenols is 1. The minimum Gasteiger partial charge on any atom is -0.507 e. The van der Waals surface area contributed by atoms with Crippen LogP contribution in [-0.4, -0.2) is 21.3 Å². The van der Waals surface area contributed by atoms with E-state index in [0.29, 0.717) is 11.4 Å². The van der Waals surface area contributed by atoms with Gasteiger partial charge in [-0.25, -0.2) is 9.97 Å². The summed E-state index contributed by atoms with van der Waals surface area (Å²) in [7, 11) is 0. The third-order valence-corrected chi connectivity index (χ3v) is 3.85. The molecule has 116 valence electrons. The number of anilines is 1. The first-order chi connectivity index (χ1) is 11.8. The molecule has 0 bridgehead atoms. The zero-order chi connectivity index (χ0) is 16.4. The first-order valence-corrected chi connectivity index (χ1v) is 7.52. The van der Waals surface area contributed by atoms with Gasteiger partial charge in [0, 0.05) is 10.9 Å². The summed E-state index contributed by atoms with van der Waals surface area (Å²) in [6.07, 6.45) is 3.10. The second-order valence-electron chi connectivity index (χ2n) is 5.33. The SMILES string of the molecule is Oc1ccc2ccccc2c1/C=N\Nc1ncnc2ccccc12.